The number of rotatable bonds is 4. The second-order valence-electron chi connectivity index (χ2n) is 5.95. The predicted molar refractivity (Wildman–Crippen MR) is 97.1 cm³/mol. The fraction of sp³-hybridized carbons (Fsp3) is 0.267. The molecular formula is C15H13F3N4O4S2. The van der Waals surface area contributed by atoms with Crippen LogP contribution < -0.4 is 16.0 Å². The lowest BCUT2D eigenvalue weighted by atomic mass is 10.2. The van der Waals surface area contributed by atoms with E-state index in [-0.39, 0.29) is 12.2 Å². The van der Waals surface area contributed by atoms with E-state index in [9.17, 15) is 31.2 Å². The van der Waals surface area contributed by atoms with Gasteiger partial charge in [-0.25, -0.2) is 22.5 Å². The Bertz CT molecular complexity index is 1290. The highest BCUT2D eigenvalue weighted by Crippen LogP contribution is 2.28. The Morgan fingerprint density at radius 2 is 1.89 bits per heavy atom. The van der Waals surface area contributed by atoms with Crippen LogP contribution in [0, 0.1) is 0 Å². The van der Waals surface area contributed by atoms with Gasteiger partial charge in [-0.1, -0.05) is 0 Å². The number of hydrogen-bond acceptors (Lipinski definition) is 6. The molecule has 1 N–H and O–H groups in total. The van der Waals surface area contributed by atoms with E-state index in [0.29, 0.717) is 31.0 Å². The van der Waals surface area contributed by atoms with Crippen LogP contribution in [0.2, 0.25) is 0 Å². The monoisotopic (exact) mass is 434 g/mol. The van der Waals surface area contributed by atoms with Gasteiger partial charge in [0.15, 0.2) is 0 Å². The maximum atomic E-state index is 13.0. The van der Waals surface area contributed by atoms with E-state index < -0.39 is 33.1 Å². The van der Waals surface area contributed by atoms with Crippen molar-refractivity contribution in [3.05, 3.63) is 56.5 Å². The Kier molecular flexibility index (Phi) is 4.93. The average Bonchev–Trinajstić information content (AvgIpc) is 2.97. The number of sulfonamides is 1. The molecule has 0 saturated carbocycles. The Labute approximate surface area is 160 Å². The van der Waals surface area contributed by atoms with Gasteiger partial charge in [0.2, 0.25) is 10.0 Å². The lowest BCUT2D eigenvalue weighted by Gasteiger charge is -2.14. The first-order valence-electron chi connectivity index (χ1n) is 7.62. The van der Waals surface area contributed by atoms with Crippen molar-refractivity contribution in [2.45, 2.75) is 12.7 Å². The first kappa shape index (κ1) is 20.2. The molecule has 0 saturated heterocycles. The minimum atomic E-state index is -4.85. The highest BCUT2D eigenvalue weighted by Gasteiger charge is 2.35. The topological polar surface area (TPSA) is 103 Å². The molecule has 2 heterocycles. The van der Waals surface area contributed by atoms with Crippen LogP contribution >= 0.6 is 11.5 Å². The van der Waals surface area contributed by atoms with Crippen molar-refractivity contribution in [2.75, 3.05) is 6.26 Å². The smallest absolute Gasteiger partial charge is 0.292 e. The Balaban J connectivity index is 2.16. The molecule has 8 nitrogen and oxygen atoms in total. The molecule has 0 fully saturated rings. The van der Waals surface area contributed by atoms with E-state index in [0.717, 1.165) is 24.8 Å². The zero-order valence-electron chi connectivity index (χ0n) is 14.4. The van der Waals surface area contributed by atoms with Crippen molar-refractivity contribution in [1.82, 2.24) is 18.2 Å². The highest BCUT2D eigenvalue weighted by atomic mass is 32.2. The molecule has 0 aliphatic heterocycles. The van der Waals surface area contributed by atoms with Crippen molar-refractivity contribution >= 4 is 31.6 Å². The molecule has 0 radical (unpaired) electrons. The standard InChI is InChI=1S/C15H13F3N4O4S2/c1-21-12(15(16,17)18)6-13(23)22(14(21)24)8-3-4-11-9(5-8)10(20-27-11)7-19-28(2,25)26/h3-6,19H,7H2,1-2H3. The quantitative estimate of drug-likeness (QED) is 0.665. The SMILES string of the molecule is Cn1c(C(F)(F)F)cc(=O)n(-c2ccc3snc(CNS(C)(=O)=O)c3c2)c1=O. The van der Waals surface area contributed by atoms with E-state index in [2.05, 4.69) is 9.10 Å². The van der Waals surface area contributed by atoms with Crippen molar-refractivity contribution in [3.63, 3.8) is 0 Å². The first-order valence-corrected chi connectivity index (χ1v) is 10.3. The molecule has 0 aliphatic carbocycles. The predicted octanol–water partition coefficient (Wildman–Crippen LogP) is 1.21. The Morgan fingerprint density at radius 3 is 2.50 bits per heavy atom. The number of fused-ring (bicyclic) bond motifs is 1. The molecule has 0 bridgehead atoms. The van der Waals surface area contributed by atoms with Crippen LogP contribution in [0.3, 0.4) is 0 Å². The summed E-state index contributed by atoms with van der Waals surface area (Å²) >= 11 is 1.08. The maximum Gasteiger partial charge on any atom is 0.431 e. The van der Waals surface area contributed by atoms with Crippen LogP contribution in [0.15, 0.2) is 33.9 Å². The summed E-state index contributed by atoms with van der Waals surface area (Å²) < 4.78 is 69.5. The lowest BCUT2D eigenvalue weighted by molar-refractivity contribution is -0.144. The second kappa shape index (κ2) is 6.83. The molecule has 28 heavy (non-hydrogen) atoms. The first-order chi connectivity index (χ1) is 12.9. The summed E-state index contributed by atoms with van der Waals surface area (Å²) in [6.07, 6.45) is -3.86. The van der Waals surface area contributed by atoms with Crippen LogP contribution in [-0.4, -0.2) is 28.2 Å². The second-order valence-corrected chi connectivity index (χ2v) is 8.58. The fourth-order valence-electron chi connectivity index (χ4n) is 2.58. The maximum absolute atomic E-state index is 13.0. The summed E-state index contributed by atoms with van der Waals surface area (Å²) in [5.74, 6) is 0. The third-order valence-electron chi connectivity index (χ3n) is 3.90. The summed E-state index contributed by atoms with van der Waals surface area (Å²) in [5.41, 5.74) is -3.22. The van der Waals surface area contributed by atoms with E-state index in [1.807, 2.05) is 0 Å². The van der Waals surface area contributed by atoms with Gasteiger partial charge in [-0.05, 0) is 29.7 Å². The summed E-state index contributed by atoms with van der Waals surface area (Å²) in [6.45, 7) is -0.109. The van der Waals surface area contributed by atoms with Crippen LogP contribution in [0.5, 0.6) is 0 Å². The molecule has 0 spiro atoms. The molecule has 1 aromatic carbocycles. The third kappa shape index (κ3) is 3.86. The molecular weight excluding hydrogens is 421 g/mol. The molecule has 0 atom stereocenters. The molecule has 2 aromatic heterocycles. The third-order valence-corrected chi connectivity index (χ3v) is 5.43. The van der Waals surface area contributed by atoms with Gasteiger partial charge in [0, 0.05) is 18.5 Å². The Morgan fingerprint density at radius 1 is 1.21 bits per heavy atom. The number of hydrogen-bond donors (Lipinski definition) is 1. The van der Waals surface area contributed by atoms with Crippen LogP contribution in [0.1, 0.15) is 11.4 Å². The van der Waals surface area contributed by atoms with Gasteiger partial charge in [-0.15, -0.1) is 0 Å². The molecule has 3 rings (SSSR count). The largest absolute Gasteiger partial charge is 0.431 e. The van der Waals surface area contributed by atoms with Crippen molar-refractivity contribution in [2.24, 2.45) is 7.05 Å². The van der Waals surface area contributed by atoms with E-state index in [1.165, 1.54) is 12.1 Å². The van der Waals surface area contributed by atoms with E-state index >= 15 is 0 Å². The summed E-state index contributed by atoms with van der Waals surface area (Å²) in [4.78, 5) is 24.6. The zero-order chi connectivity index (χ0) is 20.9. The van der Waals surface area contributed by atoms with Crippen LogP contribution in [0.25, 0.3) is 15.8 Å². The van der Waals surface area contributed by atoms with Crippen molar-refractivity contribution < 1.29 is 21.6 Å². The highest BCUT2D eigenvalue weighted by molar-refractivity contribution is 7.88. The molecule has 0 amide bonds. The molecule has 13 heteroatoms. The van der Waals surface area contributed by atoms with Crippen LogP contribution in [-0.2, 0) is 29.8 Å². The van der Waals surface area contributed by atoms with Crippen LogP contribution in [0.4, 0.5) is 13.2 Å². The van der Waals surface area contributed by atoms with E-state index in [1.54, 1.807) is 6.07 Å². The number of halogens is 3. The van der Waals surface area contributed by atoms with Gasteiger partial charge >= 0.3 is 11.9 Å². The number of aromatic nitrogens is 3. The zero-order valence-corrected chi connectivity index (χ0v) is 16.1. The molecule has 0 unspecified atom stereocenters. The molecule has 0 aliphatic rings. The summed E-state index contributed by atoms with van der Waals surface area (Å²) in [6, 6.07) is 4.72. The summed E-state index contributed by atoms with van der Waals surface area (Å²) in [7, 11) is -2.55. The minimum absolute atomic E-state index is 0.0487. The molecule has 150 valence electrons. The number of nitrogens with one attached hydrogen (secondary N) is 1. The van der Waals surface area contributed by atoms with Gasteiger partial charge in [-0.2, -0.15) is 17.5 Å². The van der Waals surface area contributed by atoms with E-state index in [4.69, 9.17) is 0 Å². The van der Waals surface area contributed by atoms with Gasteiger partial charge in [-0.3, -0.25) is 9.36 Å². The fourth-order valence-corrected chi connectivity index (χ4v) is 3.75. The van der Waals surface area contributed by atoms with Gasteiger partial charge in [0.25, 0.3) is 5.56 Å². The Hall–Kier alpha value is -2.51. The van der Waals surface area contributed by atoms with Gasteiger partial charge < -0.3 is 0 Å². The van der Waals surface area contributed by atoms with Crippen molar-refractivity contribution in [1.29, 1.82) is 0 Å². The number of nitrogens with zero attached hydrogens (tertiary/aromatic N) is 3. The van der Waals surface area contributed by atoms with Gasteiger partial charge in [0.1, 0.15) is 5.69 Å². The van der Waals surface area contributed by atoms with Crippen molar-refractivity contribution in [3.8, 4) is 5.69 Å². The van der Waals surface area contributed by atoms with Gasteiger partial charge in [0.05, 0.1) is 28.9 Å². The summed E-state index contributed by atoms with van der Waals surface area (Å²) in [5, 5.41) is 0.479. The lowest BCUT2D eigenvalue weighted by Crippen LogP contribution is -2.40. The average molecular weight is 434 g/mol. The minimum Gasteiger partial charge on any atom is -0.292 e. The number of benzene rings is 1. The normalized spacial score (nSPS) is 12.6. The number of alkyl halides is 3. The molecule has 3 aromatic rings.